The fraction of sp³-hybridized carbons (Fsp3) is 0.429. The Hall–Kier alpha value is -2.02. The van der Waals surface area contributed by atoms with Crippen LogP contribution in [-0.2, 0) is 6.54 Å². The van der Waals surface area contributed by atoms with Gasteiger partial charge < -0.3 is 10.6 Å². The SMILES string of the molecule is CN=C(NCc1cccc(C#N)c1)NCC1CC1. The zero-order valence-electron chi connectivity index (χ0n) is 10.6. The van der Waals surface area contributed by atoms with Crippen LogP contribution in [0.5, 0.6) is 0 Å². The zero-order valence-corrected chi connectivity index (χ0v) is 10.6. The van der Waals surface area contributed by atoms with Gasteiger partial charge in [0.05, 0.1) is 11.6 Å². The number of aliphatic imine (C=N–C) groups is 1. The predicted molar refractivity (Wildman–Crippen MR) is 72.1 cm³/mol. The van der Waals surface area contributed by atoms with Crippen LogP contribution in [0.25, 0.3) is 0 Å². The molecule has 0 atom stereocenters. The lowest BCUT2D eigenvalue weighted by atomic mass is 10.1. The van der Waals surface area contributed by atoms with Gasteiger partial charge in [0.2, 0.25) is 0 Å². The number of hydrogen-bond donors (Lipinski definition) is 2. The van der Waals surface area contributed by atoms with Crippen LogP contribution in [0.2, 0.25) is 0 Å². The fourth-order valence-corrected chi connectivity index (χ4v) is 1.72. The number of nitrogens with zero attached hydrogens (tertiary/aromatic N) is 2. The van der Waals surface area contributed by atoms with E-state index in [1.165, 1.54) is 12.8 Å². The van der Waals surface area contributed by atoms with E-state index >= 15 is 0 Å². The molecule has 2 N–H and O–H groups in total. The van der Waals surface area contributed by atoms with E-state index in [9.17, 15) is 0 Å². The monoisotopic (exact) mass is 242 g/mol. The second-order valence-electron chi connectivity index (χ2n) is 4.56. The highest BCUT2D eigenvalue weighted by Gasteiger charge is 2.20. The first-order valence-corrected chi connectivity index (χ1v) is 6.25. The largest absolute Gasteiger partial charge is 0.356 e. The molecule has 0 aliphatic heterocycles. The van der Waals surface area contributed by atoms with E-state index in [1.54, 1.807) is 7.05 Å². The van der Waals surface area contributed by atoms with Crippen molar-refractivity contribution in [2.24, 2.45) is 10.9 Å². The van der Waals surface area contributed by atoms with Gasteiger partial charge in [-0.1, -0.05) is 12.1 Å². The molecule has 1 aliphatic carbocycles. The van der Waals surface area contributed by atoms with Gasteiger partial charge in [0.15, 0.2) is 5.96 Å². The molecule has 0 heterocycles. The summed E-state index contributed by atoms with van der Waals surface area (Å²) in [4.78, 5) is 4.17. The second-order valence-corrected chi connectivity index (χ2v) is 4.56. The summed E-state index contributed by atoms with van der Waals surface area (Å²) in [5.74, 6) is 1.65. The van der Waals surface area contributed by atoms with Gasteiger partial charge in [-0.05, 0) is 36.5 Å². The van der Waals surface area contributed by atoms with Crippen LogP contribution in [0.15, 0.2) is 29.3 Å². The topological polar surface area (TPSA) is 60.2 Å². The quantitative estimate of drug-likeness (QED) is 0.623. The van der Waals surface area contributed by atoms with E-state index in [2.05, 4.69) is 21.7 Å². The van der Waals surface area contributed by atoms with Crippen molar-refractivity contribution in [1.29, 1.82) is 5.26 Å². The summed E-state index contributed by atoms with van der Waals surface area (Å²) < 4.78 is 0. The first-order valence-electron chi connectivity index (χ1n) is 6.25. The molecule has 1 aromatic carbocycles. The summed E-state index contributed by atoms with van der Waals surface area (Å²) in [6, 6.07) is 9.74. The molecule has 18 heavy (non-hydrogen) atoms. The Balaban J connectivity index is 1.82. The molecular formula is C14H18N4. The number of nitrogens with one attached hydrogen (secondary N) is 2. The third-order valence-electron chi connectivity index (χ3n) is 2.99. The molecule has 4 heteroatoms. The molecule has 1 aromatic rings. The van der Waals surface area contributed by atoms with Gasteiger partial charge in [-0.3, -0.25) is 4.99 Å². The van der Waals surface area contributed by atoms with E-state index in [0.29, 0.717) is 12.1 Å². The molecule has 0 spiro atoms. The molecule has 0 aromatic heterocycles. The lowest BCUT2D eigenvalue weighted by Gasteiger charge is -2.11. The van der Waals surface area contributed by atoms with Crippen molar-refractivity contribution in [1.82, 2.24) is 10.6 Å². The minimum atomic E-state index is 0.680. The second kappa shape index (κ2) is 6.06. The molecule has 1 saturated carbocycles. The highest BCUT2D eigenvalue weighted by Crippen LogP contribution is 2.27. The molecule has 0 unspecified atom stereocenters. The maximum Gasteiger partial charge on any atom is 0.191 e. The lowest BCUT2D eigenvalue weighted by Crippen LogP contribution is -2.37. The molecule has 0 bridgehead atoms. The highest BCUT2D eigenvalue weighted by molar-refractivity contribution is 5.79. The Morgan fingerprint density at radius 1 is 1.44 bits per heavy atom. The maximum absolute atomic E-state index is 8.83. The highest BCUT2D eigenvalue weighted by atomic mass is 15.2. The van der Waals surface area contributed by atoms with Crippen LogP contribution >= 0.6 is 0 Å². The number of guanidine groups is 1. The minimum absolute atomic E-state index is 0.680. The third-order valence-corrected chi connectivity index (χ3v) is 2.99. The number of benzene rings is 1. The average molecular weight is 242 g/mol. The number of nitriles is 1. The van der Waals surface area contributed by atoms with Gasteiger partial charge in [-0.2, -0.15) is 5.26 Å². The molecule has 0 saturated heterocycles. The van der Waals surface area contributed by atoms with E-state index < -0.39 is 0 Å². The van der Waals surface area contributed by atoms with Crippen LogP contribution in [-0.4, -0.2) is 19.6 Å². The minimum Gasteiger partial charge on any atom is -0.356 e. The van der Waals surface area contributed by atoms with Crippen LogP contribution < -0.4 is 10.6 Å². The molecule has 4 nitrogen and oxygen atoms in total. The van der Waals surface area contributed by atoms with Crippen molar-refractivity contribution in [2.75, 3.05) is 13.6 Å². The van der Waals surface area contributed by atoms with E-state index in [-0.39, 0.29) is 0 Å². The Bertz CT molecular complexity index is 469. The van der Waals surface area contributed by atoms with Gasteiger partial charge in [-0.25, -0.2) is 0 Å². The Kier molecular flexibility index (Phi) is 4.19. The van der Waals surface area contributed by atoms with E-state index in [1.807, 2.05) is 24.3 Å². The Labute approximate surface area is 108 Å². The standard InChI is InChI=1S/C14H18N4/c1-16-14(17-9-11-5-6-11)18-10-13-4-2-3-12(7-13)8-15/h2-4,7,11H,5-6,9-10H2,1H3,(H2,16,17,18). The van der Waals surface area contributed by atoms with Crippen LogP contribution in [0.4, 0.5) is 0 Å². The third kappa shape index (κ3) is 3.77. The fourth-order valence-electron chi connectivity index (χ4n) is 1.72. The van der Waals surface area contributed by atoms with Gasteiger partial charge >= 0.3 is 0 Å². The van der Waals surface area contributed by atoms with Crippen LogP contribution in [0.1, 0.15) is 24.0 Å². The van der Waals surface area contributed by atoms with Crippen molar-refractivity contribution < 1.29 is 0 Å². The van der Waals surface area contributed by atoms with Crippen LogP contribution in [0, 0.1) is 17.2 Å². The molecule has 0 radical (unpaired) electrons. The number of rotatable bonds is 4. The molecular weight excluding hydrogens is 224 g/mol. The summed E-state index contributed by atoms with van der Waals surface area (Å²) in [7, 11) is 1.77. The predicted octanol–water partition coefficient (Wildman–Crippen LogP) is 1.63. The summed E-state index contributed by atoms with van der Waals surface area (Å²) >= 11 is 0. The van der Waals surface area contributed by atoms with Crippen molar-refractivity contribution >= 4 is 5.96 Å². The summed E-state index contributed by atoms with van der Waals surface area (Å²) in [5, 5.41) is 15.4. The van der Waals surface area contributed by atoms with Gasteiger partial charge in [-0.15, -0.1) is 0 Å². The van der Waals surface area contributed by atoms with Crippen molar-refractivity contribution in [2.45, 2.75) is 19.4 Å². The summed E-state index contributed by atoms with van der Waals surface area (Å²) in [6.07, 6.45) is 2.66. The Morgan fingerprint density at radius 3 is 2.94 bits per heavy atom. The molecule has 1 fully saturated rings. The van der Waals surface area contributed by atoms with Crippen LogP contribution in [0.3, 0.4) is 0 Å². The molecule has 2 rings (SSSR count). The van der Waals surface area contributed by atoms with Crippen molar-refractivity contribution in [3.63, 3.8) is 0 Å². The molecule has 1 aliphatic rings. The average Bonchev–Trinajstić information content (AvgIpc) is 3.23. The Morgan fingerprint density at radius 2 is 2.28 bits per heavy atom. The summed E-state index contributed by atoms with van der Waals surface area (Å²) in [6.45, 7) is 1.68. The maximum atomic E-state index is 8.83. The first-order chi connectivity index (χ1) is 8.81. The van der Waals surface area contributed by atoms with Gasteiger partial charge in [0.1, 0.15) is 0 Å². The first kappa shape index (κ1) is 12.4. The van der Waals surface area contributed by atoms with Crippen molar-refractivity contribution in [3.8, 4) is 6.07 Å². The number of hydrogen-bond acceptors (Lipinski definition) is 2. The summed E-state index contributed by atoms with van der Waals surface area (Å²) in [5.41, 5.74) is 1.78. The van der Waals surface area contributed by atoms with Crippen molar-refractivity contribution in [3.05, 3.63) is 35.4 Å². The molecule has 0 amide bonds. The molecule has 94 valence electrons. The smallest absolute Gasteiger partial charge is 0.191 e. The van der Waals surface area contributed by atoms with E-state index in [0.717, 1.165) is 24.0 Å². The van der Waals surface area contributed by atoms with E-state index in [4.69, 9.17) is 5.26 Å². The van der Waals surface area contributed by atoms with Gasteiger partial charge in [0, 0.05) is 20.1 Å². The lowest BCUT2D eigenvalue weighted by molar-refractivity contribution is 0.737. The zero-order chi connectivity index (χ0) is 12.8. The van der Waals surface area contributed by atoms with Gasteiger partial charge in [0.25, 0.3) is 0 Å². The normalized spacial score (nSPS) is 15.0.